The Hall–Kier alpha value is -2.05. The Morgan fingerprint density at radius 3 is 2.72 bits per heavy atom. The van der Waals surface area contributed by atoms with E-state index in [2.05, 4.69) is 29.0 Å². The fraction of sp³-hybridized carbons (Fsp3) is 0.421. The number of anilines is 1. The monoisotopic (exact) mass is 362 g/mol. The first-order chi connectivity index (χ1) is 11.8. The topological polar surface area (TPSA) is 59.6 Å². The molecule has 0 unspecified atom stereocenters. The van der Waals surface area contributed by atoms with Gasteiger partial charge in [-0.15, -0.1) is 11.3 Å². The minimum absolute atomic E-state index is 0.474. The molecule has 1 aromatic carbocycles. The highest BCUT2D eigenvalue weighted by atomic mass is 32.1. The summed E-state index contributed by atoms with van der Waals surface area (Å²) in [6.45, 7) is 9.77. The van der Waals surface area contributed by atoms with E-state index in [9.17, 15) is 4.79 Å². The van der Waals surface area contributed by atoms with Crippen LogP contribution in [-0.2, 0) is 11.3 Å². The molecule has 2 aromatic rings. The second-order valence-electron chi connectivity index (χ2n) is 6.71. The van der Waals surface area contributed by atoms with Crippen molar-refractivity contribution in [3.8, 4) is 5.75 Å². The maximum atomic E-state index is 11.8. The minimum Gasteiger partial charge on any atom is -0.492 e. The van der Waals surface area contributed by atoms with Crippen molar-refractivity contribution >= 4 is 23.1 Å². The molecule has 0 saturated heterocycles. The highest BCUT2D eigenvalue weighted by molar-refractivity contribution is 7.10. The van der Waals surface area contributed by atoms with Crippen molar-refractivity contribution in [1.82, 2.24) is 5.32 Å². The van der Waals surface area contributed by atoms with Gasteiger partial charge in [0.15, 0.2) is 0 Å². The third kappa shape index (κ3) is 7.15. The Labute approximate surface area is 153 Å². The summed E-state index contributed by atoms with van der Waals surface area (Å²) in [7, 11) is 0. The SMILES string of the molecule is Cc1ccsc1CNCCOc1cccc(NC(=O)OC(C)(C)C)c1. The Kier molecular flexibility index (Phi) is 6.84. The maximum Gasteiger partial charge on any atom is 0.412 e. The lowest BCUT2D eigenvalue weighted by Gasteiger charge is -2.19. The van der Waals surface area contributed by atoms with Gasteiger partial charge in [-0.2, -0.15) is 0 Å². The van der Waals surface area contributed by atoms with Crippen molar-refractivity contribution in [2.45, 2.75) is 39.8 Å². The van der Waals surface area contributed by atoms with Crippen LogP contribution in [0.1, 0.15) is 31.2 Å². The molecule has 6 heteroatoms. The first-order valence-corrected chi connectivity index (χ1v) is 9.18. The van der Waals surface area contributed by atoms with E-state index in [4.69, 9.17) is 9.47 Å². The van der Waals surface area contributed by atoms with E-state index < -0.39 is 11.7 Å². The average molecular weight is 362 g/mol. The van der Waals surface area contributed by atoms with E-state index in [1.807, 2.05) is 32.9 Å². The number of rotatable bonds is 7. The predicted octanol–water partition coefficient (Wildman–Crippen LogP) is 4.57. The quantitative estimate of drug-likeness (QED) is 0.708. The van der Waals surface area contributed by atoms with Gasteiger partial charge in [-0.25, -0.2) is 4.79 Å². The third-order valence-electron chi connectivity index (χ3n) is 3.28. The van der Waals surface area contributed by atoms with Gasteiger partial charge in [0.05, 0.1) is 0 Å². The van der Waals surface area contributed by atoms with Crippen LogP contribution >= 0.6 is 11.3 Å². The smallest absolute Gasteiger partial charge is 0.412 e. The number of aryl methyl sites for hydroxylation is 1. The summed E-state index contributed by atoms with van der Waals surface area (Å²) in [5.74, 6) is 0.711. The lowest BCUT2D eigenvalue weighted by Crippen LogP contribution is -2.27. The van der Waals surface area contributed by atoms with Gasteiger partial charge in [-0.05, 0) is 56.8 Å². The molecule has 1 amide bonds. The van der Waals surface area contributed by atoms with Crippen molar-refractivity contribution in [3.63, 3.8) is 0 Å². The molecule has 0 aliphatic carbocycles. The number of benzene rings is 1. The fourth-order valence-electron chi connectivity index (χ4n) is 2.11. The van der Waals surface area contributed by atoms with E-state index in [1.165, 1.54) is 10.4 Å². The number of ether oxygens (including phenoxy) is 2. The van der Waals surface area contributed by atoms with Gasteiger partial charge in [-0.1, -0.05) is 6.07 Å². The lowest BCUT2D eigenvalue weighted by molar-refractivity contribution is 0.0636. The molecule has 0 radical (unpaired) electrons. The summed E-state index contributed by atoms with van der Waals surface area (Å²) in [6, 6.07) is 9.41. The summed E-state index contributed by atoms with van der Waals surface area (Å²) >= 11 is 1.76. The molecule has 1 aromatic heterocycles. The van der Waals surface area contributed by atoms with Crippen molar-refractivity contribution in [2.24, 2.45) is 0 Å². The molecule has 2 N–H and O–H groups in total. The van der Waals surface area contributed by atoms with E-state index in [1.54, 1.807) is 23.5 Å². The number of amides is 1. The Morgan fingerprint density at radius 1 is 1.24 bits per heavy atom. The van der Waals surface area contributed by atoms with Crippen LogP contribution in [0.4, 0.5) is 10.5 Å². The molecule has 2 rings (SSSR count). The van der Waals surface area contributed by atoms with Crippen LogP contribution < -0.4 is 15.4 Å². The molecule has 0 aliphatic heterocycles. The standard InChI is InChI=1S/C19H26N2O3S/c1-14-8-11-25-17(14)13-20-9-10-23-16-7-5-6-15(12-16)21-18(22)24-19(2,3)4/h5-8,11-12,20H,9-10,13H2,1-4H3,(H,21,22). The number of carbonyl (C=O) groups excluding carboxylic acids is 1. The number of nitrogens with one attached hydrogen (secondary N) is 2. The molecule has 0 bridgehead atoms. The Balaban J connectivity index is 1.73. The van der Waals surface area contributed by atoms with E-state index in [-0.39, 0.29) is 0 Å². The molecule has 5 nitrogen and oxygen atoms in total. The number of hydrogen-bond donors (Lipinski definition) is 2. The molecule has 0 atom stereocenters. The van der Waals surface area contributed by atoms with Gasteiger partial charge in [0, 0.05) is 29.7 Å². The van der Waals surface area contributed by atoms with Crippen LogP contribution in [-0.4, -0.2) is 24.8 Å². The fourth-order valence-corrected chi connectivity index (χ4v) is 2.99. The average Bonchev–Trinajstić information content (AvgIpc) is 2.90. The van der Waals surface area contributed by atoms with Crippen LogP contribution in [0.2, 0.25) is 0 Å². The highest BCUT2D eigenvalue weighted by Crippen LogP contribution is 2.18. The molecule has 136 valence electrons. The first-order valence-electron chi connectivity index (χ1n) is 8.30. The van der Waals surface area contributed by atoms with Crippen molar-refractivity contribution in [3.05, 3.63) is 46.2 Å². The lowest BCUT2D eigenvalue weighted by atomic mass is 10.2. The van der Waals surface area contributed by atoms with E-state index in [0.29, 0.717) is 18.0 Å². The number of carbonyl (C=O) groups is 1. The number of hydrogen-bond acceptors (Lipinski definition) is 5. The number of thiophene rings is 1. The second kappa shape index (κ2) is 8.87. The van der Waals surface area contributed by atoms with Gasteiger partial charge in [0.1, 0.15) is 18.0 Å². The van der Waals surface area contributed by atoms with Crippen LogP contribution in [0.5, 0.6) is 5.75 Å². The maximum absolute atomic E-state index is 11.8. The zero-order chi connectivity index (χ0) is 18.3. The van der Waals surface area contributed by atoms with Crippen LogP contribution in [0, 0.1) is 6.92 Å². The Morgan fingerprint density at radius 2 is 2.04 bits per heavy atom. The predicted molar refractivity (Wildman–Crippen MR) is 103 cm³/mol. The zero-order valence-electron chi connectivity index (χ0n) is 15.2. The summed E-state index contributed by atoms with van der Waals surface area (Å²) in [6.07, 6.45) is -0.474. The molecular weight excluding hydrogens is 336 g/mol. The van der Waals surface area contributed by atoms with Crippen LogP contribution in [0.3, 0.4) is 0 Å². The molecule has 0 spiro atoms. The van der Waals surface area contributed by atoms with Crippen LogP contribution in [0.25, 0.3) is 0 Å². The molecule has 0 fully saturated rings. The van der Waals surface area contributed by atoms with E-state index in [0.717, 1.165) is 13.1 Å². The molecular formula is C19H26N2O3S. The molecule has 1 heterocycles. The van der Waals surface area contributed by atoms with Gasteiger partial charge in [0.2, 0.25) is 0 Å². The highest BCUT2D eigenvalue weighted by Gasteiger charge is 2.16. The van der Waals surface area contributed by atoms with Crippen molar-refractivity contribution < 1.29 is 14.3 Å². The minimum atomic E-state index is -0.523. The third-order valence-corrected chi connectivity index (χ3v) is 4.30. The summed E-state index contributed by atoms with van der Waals surface area (Å²) in [5.41, 5.74) is 1.44. The van der Waals surface area contributed by atoms with E-state index >= 15 is 0 Å². The van der Waals surface area contributed by atoms with Crippen LogP contribution in [0.15, 0.2) is 35.7 Å². The molecule has 0 aliphatic rings. The molecule has 25 heavy (non-hydrogen) atoms. The summed E-state index contributed by atoms with van der Waals surface area (Å²) < 4.78 is 11.0. The largest absolute Gasteiger partial charge is 0.492 e. The summed E-state index contributed by atoms with van der Waals surface area (Å²) in [4.78, 5) is 13.1. The van der Waals surface area contributed by atoms with Crippen molar-refractivity contribution in [1.29, 1.82) is 0 Å². The second-order valence-corrected chi connectivity index (χ2v) is 7.71. The van der Waals surface area contributed by atoms with Gasteiger partial charge in [-0.3, -0.25) is 5.32 Å². The van der Waals surface area contributed by atoms with Gasteiger partial charge >= 0.3 is 6.09 Å². The summed E-state index contributed by atoms with van der Waals surface area (Å²) in [5, 5.41) is 8.18. The van der Waals surface area contributed by atoms with Crippen molar-refractivity contribution in [2.75, 3.05) is 18.5 Å². The van der Waals surface area contributed by atoms with Gasteiger partial charge < -0.3 is 14.8 Å². The molecule has 0 saturated carbocycles. The zero-order valence-corrected chi connectivity index (χ0v) is 16.0. The Bertz CT molecular complexity index is 692. The first kappa shape index (κ1) is 19.3. The normalized spacial score (nSPS) is 11.2. The van der Waals surface area contributed by atoms with Gasteiger partial charge in [0.25, 0.3) is 0 Å².